The Kier molecular flexibility index (Phi) is 11.2. The fourth-order valence-corrected chi connectivity index (χ4v) is 4.25. The van der Waals surface area contributed by atoms with Gasteiger partial charge in [0.15, 0.2) is 5.96 Å². The molecule has 1 unspecified atom stereocenters. The fourth-order valence-electron chi connectivity index (χ4n) is 4.25. The van der Waals surface area contributed by atoms with Crippen molar-refractivity contribution >= 4 is 5.96 Å². The molecule has 1 atom stereocenters. The quantitative estimate of drug-likeness (QED) is 0.299. The largest absolute Gasteiger partial charge is 0.381 e. The molecule has 2 aliphatic rings. The highest BCUT2D eigenvalue weighted by molar-refractivity contribution is 5.79. The van der Waals surface area contributed by atoms with E-state index >= 15 is 0 Å². The van der Waals surface area contributed by atoms with Crippen LogP contribution in [0.15, 0.2) is 29.3 Å². The first kappa shape index (κ1) is 24.0. The van der Waals surface area contributed by atoms with Crippen molar-refractivity contribution in [3.63, 3.8) is 0 Å². The number of ether oxygens (including phenoxy) is 3. The van der Waals surface area contributed by atoms with Crippen molar-refractivity contribution in [1.82, 2.24) is 10.6 Å². The monoisotopic (exact) mass is 431 g/mol. The standard InChI is InChI=1S/C25H41N3O3/c1-2-26-25(27-14-6-16-30-20-21-12-18-29-19-13-21)28-15-7-17-31-24-11-5-9-22-8-3-4-10-23(22)24/h3-4,8,10,21,24H,2,5-7,9,11-20H2,1H3,(H2,26,27,28). The first-order valence-corrected chi connectivity index (χ1v) is 12.2. The van der Waals surface area contributed by atoms with E-state index in [1.54, 1.807) is 0 Å². The Morgan fingerprint density at radius 1 is 1.10 bits per heavy atom. The SMILES string of the molecule is CCNC(=NCCCOCC1CCOCC1)NCCCOC1CCCc2ccccc21. The molecule has 0 aromatic heterocycles. The Morgan fingerprint density at radius 2 is 1.97 bits per heavy atom. The summed E-state index contributed by atoms with van der Waals surface area (Å²) in [5.41, 5.74) is 2.84. The first-order valence-electron chi connectivity index (χ1n) is 12.2. The molecular formula is C25H41N3O3. The molecule has 1 aliphatic carbocycles. The van der Waals surface area contributed by atoms with Gasteiger partial charge in [0.2, 0.25) is 0 Å². The number of aryl methyl sites for hydroxylation is 1. The van der Waals surface area contributed by atoms with Crippen molar-refractivity contribution < 1.29 is 14.2 Å². The van der Waals surface area contributed by atoms with Gasteiger partial charge in [0.05, 0.1) is 6.10 Å². The summed E-state index contributed by atoms with van der Waals surface area (Å²) < 4.78 is 17.4. The van der Waals surface area contributed by atoms with E-state index < -0.39 is 0 Å². The van der Waals surface area contributed by atoms with Crippen LogP contribution in [0.5, 0.6) is 0 Å². The van der Waals surface area contributed by atoms with E-state index in [0.29, 0.717) is 5.92 Å². The highest BCUT2D eigenvalue weighted by Crippen LogP contribution is 2.32. The second-order valence-corrected chi connectivity index (χ2v) is 8.48. The van der Waals surface area contributed by atoms with Crippen molar-refractivity contribution in [3.05, 3.63) is 35.4 Å². The van der Waals surface area contributed by atoms with Gasteiger partial charge in [0.1, 0.15) is 0 Å². The van der Waals surface area contributed by atoms with Crippen LogP contribution in [0.2, 0.25) is 0 Å². The zero-order chi connectivity index (χ0) is 21.6. The minimum atomic E-state index is 0.257. The number of guanidine groups is 1. The van der Waals surface area contributed by atoms with Gasteiger partial charge < -0.3 is 24.8 Å². The number of aliphatic imine (C=N–C) groups is 1. The molecule has 0 radical (unpaired) electrons. The molecule has 6 nitrogen and oxygen atoms in total. The average molecular weight is 432 g/mol. The van der Waals surface area contributed by atoms with Gasteiger partial charge in [-0.05, 0) is 68.9 Å². The second kappa shape index (κ2) is 14.4. The van der Waals surface area contributed by atoms with E-state index in [0.717, 1.165) is 90.7 Å². The molecule has 1 aromatic rings. The number of nitrogens with one attached hydrogen (secondary N) is 2. The van der Waals surface area contributed by atoms with Gasteiger partial charge >= 0.3 is 0 Å². The zero-order valence-electron chi connectivity index (χ0n) is 19.2. The molecule has 0 amide bonds. The summed E-state index contributed by atoms with van der Waals surface area (Å²) in [6.45, 7) is 8.77. The summed E-state index contributed by atoms with van der Waals surface area (Å²) in [7, 11) is 0. The maximum atomic E-state index is 6.20. The molecule has 1 aliphatic heterocycles. The van der Waals surface area contributed by atoms with E-state index in [4.69, 9.17) is 14.2 Å². The van der Waals surface area contributed by atoms with Crippen molar-refractivity contribution in [2.75, 3.05) is 52.7 Å². The molecule has 174 valence electrons. The van der Waals surface area contributed by atoms with Crippen LogP contribution >= 0.6 is 0 Å². The summed E-state index contributed by atoms with van der Waals surface area (Å²) in [6, 6.07) is 8.71. The lowest BCUT2D eigenvalue weighted by Crippen LogP contribution is -2.38. The van der Waals surface area contributed by atoms with Crippen LogP contribution in [0.4, 0.5) is 0 Å². The molecule has 1 fully saturated rings. The Bertz CT molecular complexity index is 647. The minimum absolute atomic E-state index is 0.257. The smallest absolute Gasteiger partial charge is 0.191 e. The van der Waals surface area contributed by atoms with Gasteiger partial charge in [-0.25, -0.2) is 0 Å². The zero-order valence-corrected chi connectivity index (χ0v) is 19.2. The highest BCUT2D eigenvalue weighted by atomic mass is 16.5. The Labute approximate surface area is 188 Å². The molecule has 6 heteroatoms. The number of rotatable bonds is 12. The highest BCUT2D eigenvalue weighted by Gasteiger charge is 2.19. The Balaban J connectivity index is 1.26. The summed E-state index contributed by atoms with van der Waals surface area (Å²) in [6.07, 6.45) is 7.96. The molecule has 1 aromatic carbocycles. The molecule has 0 bridgehead atoms. The lowest BCUT2D eigenvalue weighted by Gasteiger charge is -2.25. The average Bonchev–Trinajstić information content (AvgIpc) is 2.81. The van der Waals surface area contributed by atoms with Crippen molar-refractivity contribution in [1.29, 1.82) is 0 Å². The molecule has 1 saturated heterocycles. The molecule has 0 saturated carbocycles. The van der Waals surface area contributed by atoms with E-state index in [9.17, 15) is 0 Å². The van der Waals surface area contributed by atoms with Crippen LogP contribution < -0.4 is 10.6 Å². The van der Waals surface area contributed by atoms with Gasteiger partial charge in [-0.1, -0.05) is 24.3 Å². The van der Waals surface area contributed by atoms with Gasteiger partial charge in [-0.3, -0.25) is 4.99 Å². The molecule has 2 N–H and O–H groups in total. The van der Waals surface area contributed by atoms with E-state index in [1.165, 1.54) is 24.0 Å². The van der Waals surface area contributed by atoms with Crippen LogP contribution in [0.3, 0.4) is 0 Å². The number of nitrogens with zero attached hydrogens (tertiary/aromatic N) is 1. The van der Waals surface area contributed by atoms with Gasteiger partial charge in [0.25, 0.3) is 0 Å². The van der Waals surface area contributed by atoms with E-state index in [-0.39, 0.29) is 6.10 Å². The number of benzene rings is 1. The lowest BCUT2D eigenvalue weighted by molar-refractivity contribution is 0.0205. The van der Waals surface area contributed by atoms with Crippen LogP contribution in [0, 0.1) is 5.92 Å². The Morgan fingerprint density at radius 3 is 2.84 bits per heavy atom. The third-order valence-electron chi connectivity index (χ3n) is 6.00. The predicted molar refractivity (Wildman–Crippen MR) is 126 cm³/mol. The molecule has 1 heterocycles. The second-order valence-electron chi connectivity index (χ2n) is 8.48. The predicted octanol–water partition coefficient (Wildman–Crippen LogP) is 3.86. The third kappa shape index (κ3) is 8.79. The van der Waals surface area contributed by atoms with Crippen LogP contribution in [0.1, 0.15) is 62.7 Å². The van der Waals surface area contributed by atoms with Crippen molar-refractivity contribution in [3.8, 4) is 0 Å². The number of fused-ring (bicyclic) bond motifs is 1. The lowest BCUT2D eigenvalue weighted by atomic mass is 9.89. The summed E-state index contributed by atoms with van der Waals surface area (Å²) in [4.78, 5) is 4.67. The topological polar surface area (TPSA) is 64.1 Å². The Hall–Kier alpha value is -1.63. The molecule has 31 heavy (non-hydrogen) atoms. The van der Waals surface area contributed by atoms with E-state index in [2.05, 4.69) is 46.8 Å². The van der Waals surface area contributed by atoms with Crippen molar-refractivity contribution in [2.45, 2.75) is 58.0 Å². The number of hydrogen-bond acceptors (Lipinski definition) is 4. The summed E-state index contributed by atoms with van der Waals surface area (Å²) in [5.74, 6) is 1.55. The van der Waals surface area contributed by atoms with Crippen molar-refractivity contribution in [2.24, 2.45) is 10.9 Å². The number of hydrogen-bond donors (Lipinski definition) is 2. The molecule has 0 spiro atoms. The van der Waals surface area contributed by atoms with E-state index in [1.807, 2.05) is 0 Å². The third-order valence-corrected chi connectivity index (χ3v) is 6.00. The maximum absolute atomic E-state index is 6.20. The first-order chi connectivity index (χ1) is 15.4. The summed E-state index contributed by atoms with van der Waals surface area (Å²) in [5, 5.41) is 6.75. The van der Waals surface area contributed by atoms with Gasteiger partial charge in [-0.2, -0.15) is 0 Å². The fraction of sp³-hybridized carbons (Fsp3) is 0.720. The van der Waals surface area contributed by atoms with Crippen LogP contribution in [0.25, 0.3) is 0 Å². The molecular weight excluding hydrogens is 390 g/mol. The minimum Gasteiger partial charge on any atom is -0.381 e. The maximum Gasteiger partial charge on any atom is 0.191 e. The molecule has 3 rings (SSSR count). The normalized spacial score (nSPS) is 19.8. The van der Waals surface area contributed by atoms with Crippen LogP contribution in [-0.4, -0.2) is 58.6 Å². The van der Waals surface area contributed by atoms with Gasteiger partial charge in [-0.15, -0.1) is 0 Å². The van der Waals surface area contributed by atoms with Crippen LogP contribution in [-0.2, 0) is 20.6 Å². The van der Waals surface area contributed by atoms with Gasteiger partial charge in [0, 0.05) is 52.7 Å². The summed E-state index contributed by atoms with van der Waals surface area (Å²) >= 11 is 0.